The first-order valence-corrected chi connectivity index (χ1v) is 0. The maximum Gasteiger partial charge on any atom is 1.00 e. The summed E-state index contributed by atoms with van der Waals surface area (Å²) in [6.45, 7) is 0. The van der Waals surface area contributed by atoms with E-state index in [-0.39, 0.29) is 74.6 Å². The van der Waals surface area contributed by atoms with Gasteiger partial charge in [-0.3, -0.25) is 0 Å². The molecule has 6 heavy (non-hydrogen) atoms. The topological polar surface area (TPSA) is 120 Å². The first-order chi connectivity index (χ1) is 0. The van der Waals surface area contributed by atoms with Crippen LogP contribution in [0.15, 0.2) is 0 Å². The van der Waals surface area contributed by atoms with Gasteiger partial charge in [0.1, 0.15) is 0 Å². The molecule has 0 aliphatic rings. The standard InChI is InChI=1S/Na.4H2O.Ti/h;4*1H2;/q+1;;;;;/p-3. The Morgan fingerprint density at radius 2 is 0.667 bits per heavy atom. The number of rotatable bonds is 0. The molecule has 36 valence electrons. The van der Waals surface area contributed by atoms with Gasteiger partial charge in [0.2, 0.25) is 0 Å². The summed E-state index contributed by atoms with van der Waals surface area (Å²) in [6.07, 6.45) is 0. The molecule has 0 saturated carbocycles. The second-order valence-corrected chi connectivity index (χ2v) is 0. The van der Waals surface area contributed by atoms with Crippen LogP contribution >= 0.6 is 0 Å². The molecule has 0 aromatic heterocycles. The molecule has 0 heterocycles. The Morgan fingerprint density at radius 3 is 0.667 bits per heavy atom. The van der Waals surface area contributed by atoms with E-state index in [1.165, 1.54) is 0 Å². The summed E-state index contributed by atoms with van der Waals surface area (Å²) in [6, 6.07) is 0. The normalized spacial score (nSPS) is 0. The van der Waals surface area contributed by atoms with Crippen LogP contribution in [0, 0.1) is 0 Å². The maximum absolute atomic E-state index is 0. The zero-order valence-electron chi connectivity index (χ0n) is 4.29. The Hall–Kier alpha value is 1.55. The number of hydrogen-bond acceptors (Lipinski definition) is 4. The molecular weight excluding hydrogens is 135 g/mol. The van der Waals surface area contributed by atoms with Gasteiger partial charge in [-0.2, -0.15) is 0 Å². The van der Waals surface area contributed by atoms with E-state index in [0.717, 1.165) is 0 Å². The Labute approximate surface area is 74.2 Å². The molecule has 0 aromatic rings. The average molecular weight is 140 g/mol. The van der Waals surface area contributed by atoms with Crippen LogP contribution in [0.5, 0.6) is 0 Å². The molecule has 0 bridgehead atoms. The monoisotopic (exact) mass is 140 g/mol. The van der Waals surface area contributed by atoms with Gasteiger partial charge < -0.3 is 21.9 Å². The summed E-state index contributed by atoms with van der Waals surface area (Å²) < 4.78 is 0. The first kappa shape index (κ1) is 134. The molecule has 0 saturated heterocycles. The van der Waals surface area contributed by atoms with Gasteiger partial charge in [-0.15, -0.1) is 0 Å². The van der Waals surface area contributed by atoms with Crippen LogP contribution in [0.3, 0.4) is 0 Å². The minimum absolute atomic E-state index is 0. The molecule has 0 spiro atoms. The van der Waals surface area contributed by atoms with Crippen molar-refractivity contribution in [2.24, 2.45) is 0 Å². The van der Waals surface area contributed by atoms with Gasteiger partial charge in [0.05, 0.1) is 0 Å². The van der Waals surface area contributed by atoms with Crippen LogP contribution < -0.4 is 29.6 Å². The fraction of sp³-hybridized carbons (Fsp3) is 0. The first-order valence-electron chi connectivity index (χ1n) is 0. The summed E-state index contributed by atoms with van der Waals surface area (Å²) in [5.41, 5.74) is 0. The molecule has 0 aliphatic carbocycles. The summed E-state index contributed by atoms with van der Waals surface area (Å²) in [7, 11) is 0. The Balaban J connectivity index is 0. The van der Waals surface area contributed by atoms with Gasteiger partial charge in [0.15, 0.2) is 0 Å². The van der Waals surface area contributed by atoms with E-state index in [2.05, 4.69) is 0 Å². The van der Waals surface area contributed by atoms with Crippen molar-refractivity contribution in [3.63, 3.8) is 0 Å². The van der Waals surface area contributed by atoms with Crippen molar-refractivity contribution in [2.45, 2.75) is 0 Å². The molecule has 0 unspecified atom stereocenters. The van der Waals surface area contributed by atoms with Crippen LogP contribution in [0.1, 0.15) is 1.43 Å². The second kappa shape index (κ2) is 83.7. The zero-order valence-corrected chi connectivity index (χ0v) is 6.85. The molecule has 0 radical (unpaired) electrons. The molecule has 6 heteroatoms. The van der Waals surface area contributed by atoms with Gasteiger partial charge in [0.25, 0.3) is 0 Å². The molecular formula is H5NaO4Ti-2. The Kier molecular flexibility index (Phi) is 1870. The average Bonchev–Trinajstić information content (AvgIpc) is 0. The molecule has 4 N–H and O–H groups in total. The van der Waals surface area contributed by atoms with E-state index in [9.17, 15) is 0 Å². The van der Waals surface area contributed by atoms with Crippen molar-refractivity contribution in [2.75, 3.05) is 0 Å². The number of hydrogen-bond donors (Lipinski definition) is 0. The largest absolute Gasteiger partial charge is 1.00 e. The van der Waals surface area contributed by atoms with Crippen LogP contribution in [0.25, 0.3) is 0 Å². The van der Waals surface area contributed by atoms with Gasteiger partial charge in [0, 0.05) is 21.7 Å². The van der Waals surface area contributed by atoms with Crippen LogP contribution in [0.4, 0.5) is 0 Å². The third kappa shape index (κ3) is 47.7. The van der Waals surface area contributed by atoms with Gasteiger partial charge >= 0.3 is 31.0 Å². The molecule has 0 aliphatic heterocycles. The Morgan fingerprint density at radius 1 is 0.667 bits per heavy atom. The van der Waals surface area contributed by atoms with E-state index in [4.69, 9.17) is 0 Å². The quantitative estimate of drug-likeness (QED) is 0.322. The molecule has 0 fully saturated rings. The van der Waals surface area contributed by atoms with E-state index < -0.39 is 0 Å². The minimum Gasteiger partial charge on any atom is -0.870 e. The van der Waals surface area contributed by atoms with Gasteiger partial charge in [-0.1, -0.05) is 0 Å². The van der Waals surface area contributed by atoms with E-state index in [1.807, 2.05) is 0 Å². The smallest absolute Gasteiger partial charge is 0.870 e. The second-order valence-electron chi connectivity index (χ2n) is 0. The molecule has 0 atom stereocenters. The summed E-state index contributed by atoms with van der Waals surface area (Å²) in [5.74, 6) is 0. The van der Waals surface area contributed by atoms with Crippen molar-refractivity contribution in [1.82, 2.24) is 0 Å². The Bertz CT molecular complexity index is 11.7. The molecule has 4 nitrogen and oxygen atoms in total. The van der Waals surface area contributed by atoms with Crippen LogP contribution in [-0.2, 0) is 21.7 Å². The van der Waals surface area contributed by atoms with Crippen LogP contribution in [0.2, 0.25) is 0 Å². The molecule has 0 amide bonds. The fourth-order valence-electron chi connectivity index (χ4n) is 0. The third-order valence-electron chi connectivity index (χ3n) is 0. The SMILES string of the molecule is [H+].[Na+].[OH-].[OH-].[OH-].[OH-].[Ti]. The van der Waals surface area contributed by atoms with E-state index >= 15 is 0 Å². The summed E-state index contributed by atoms with van der Waals surface area (Å²) in [4.78, 5) is 0. The van der Waals surface area contributed by atoms with Crippen molar-refractivity contribution in [1.29, 1.82) is 0 Å². The zero-order chi connectivity index (χ0) is 0. The third-order valence-corrected chi connectivity index (χ3v) is 0. The predicted octanol–water partition coefficient (Wildman–Crippen LogP) is -3.59. The van der Waals surface area contributed by atoms with Crippen molar-refractivity contribution >= 4 is 0 Å². The van der Waals surface area contributed by atoms with Gasteiger partial charge in [-0.05, 0) is 0 Å². The molecule has 0 aromatic carbocycles. The molecule has 0 rings (SSSR count). The van der Waals surface area contributed by atoms with E-state index in [0.29, 0.717) is 0 Å². The minimum atomic E-state index is 0. The summed E-state index contributed by atoms with van der Waals surface area (Å²) >= 11 is 0. The van der Waals surface area contributed by atoms with Crippen molar-refractivity contribution in [3.05, 3.63) is 0 Å². The predicted molar refractivity (Wildman–Crippen MR) is 8.86 cm³/mol. The van der Waals surface area contributed by atoms with E-state index in [1.54, 1.807) is 0 Å². The summed E-state index contributed by atoms with van der Waals surface area (Å²) in [5, 5.41) is 0. The van der Waals surface area contributed by atoms with Crippen LogP contribution in [-0.4, -0.2) is 21.9 Å². The van der Waals surface area contributed by atoms with Gasteiger partial charge in [-0.25, -0.2) is 0 Å². The fourth-order valence-corrected chi connectivity index (χ4v) is 0. The maximum atomic E-state index is 0. The van der Waals surface area contributed by atoms with Crippen molar-refractivity contribution < 1.29 is 74.6 Å². The van der Waals surface area contributed by atoms with Crippen molar-refractivity contribution in [3.8, 4) is 0 Å².